The van der Waals surface area contributed by atoms with E-state index in [1.807, 2.05) is 5.38 Å². The molecule has 2 N–H and O–H groups in total. The van der Waals surface area contributed by atoms with Gasteiger partial charge in [0.05, 0.1) is 11.6 Å². The molecule has 120 valence electrons. The molecule has 0 radical (unpaired) electrons. The van der Waals surface area contributed by atoms with Crippen LogP contribution >= 0.6 is 11.3 Å². The third-order valence-electron chi connectivity index (χ3n) is 3.65. The largest absolute Gasteiger partial charge is 0.493 e. The van der Waals surface area contributed by atoms with Crippen molar-refractivity contribution in [2.75, 3.05) is 6.61 Å². The molecule has 23 heavy (non-hydrogen) atoms. The number of thiazole rings is 1. The molecule has 3 rings (SSSR count). The van der Waals surface area contributed by atoms with E-state index in [4.69, 9.17) is 4.74 Å². The molecule has 0 saturated carbocycles. The number of benzene rings is 1. The fraction of sp³-hybridized carbons (Fsp3) is 0.312. The van der Waals surface area contributed by atoms with Crippen molar-refractivity contribution in [2.24, 2.45) is 0 Å². The molecule has 6 nitrogen and oxygen atoms in total. The number of carbonyl (C=O) groups is 2. The van der Waals surface area contributed by atoms with Gasteiger partial charge in [0.25, 0.3) is 0 Å². The maximum absolute atomic E-state index is 12.0. The Hall–Kier alpha value is -2.41. The Morgan fingerprint density at radius 1 is 1.43 bits per heavy atom. The molecule has 1 amide bonds. The first-order chi connectivity index (χ1) is 11.1. The molecular formula is C16H16N2O4S. The zero-order valence-electron chi connectivity index (χ0n) is 12.3. The van der Waals surface area contributed by atoms with Gasteiger partial charge in [-0.2, -0.15) is 0 Å². The summed E-state index contributed by atoms with van der Waals surface area (Å²) in [5.41, 5.74) is 1.54. The lowest BCUT2D eigenvalue weighted by Gasteiger charge is -2.15. The molecule has 1 atom stereocenters. The summed E-state index contributed by atoms with van der Waals surface area (Å²) in [6, 6.07) is 4.19. The molecule has 1 aromatic heterocycles. The van der Waals surface area contributed by atoms with Crippen LogP contribution in [0.5, 0.6) is 5.75 Å². The molecule has 1 aliphatic heterocycles. The first-order valence-electron chi connectivity index (χ1n) is 7.29. The highest BCUT2D eigenvalue weighted by Gasteiger charge is 2.24. The summed E-state index contributed by atoms with van der Waals surface area (Å²) in [6.45, 7) is 0.608. The second-order valence-electron chi connectivity index (χ2n) is 5.23. The number of ether oxygens (including phenoxy) is 1. The number of aliphatic carboxylic acids is 1. The number of nitrogens with zero attached hydrogens (tertiary/aromatic N) is 1. The normalized spacial score (nSPS) is 13.9. The molecular weight excluding hydrogens is 316 g/mol. The van der Waals surface area contributed by atoms with E-state index < -0.39 is 12.0 Å². The highest BCUT2D eigenvalue weighted by atomic mass is 32.1. The Balaban J connectivity index is 1.66. The molecule has 0 spiro atoms. The number of hydrogen-bond donors (Lipinski definition) is 2. The van der Waals surface area contributed by atoms with Crippen molar-refractivity contribution in [2.45, 2.75) is 25.3 Å². The van der Waals surface area contributed by atoms with Crippen LogP contribution in [0, 0.1) is 0 Å². The molecule has 0 aliphatic carbocycles. The van der Waals surface area contributed by atoms with Gasteiger partial charge in [-0.05, 0) is 23.3 Å². The van der Waals surface area contributed by atoms with Crippen molar-refractivity contribution in [1.82, 2.24) is 10.3 Å². The van der Waals surface area contributed by atoms with Gasteiger partial charge in [-0.3, -0.25) is 4.79 Å². The maximum Gasteiger partial charge on any atom is 0.330 e. The van der Waals surface area contributed by atoms with Gasteiger partial charge in [0, 0.05) is 30.8 Å². The van der Waals surface area contributed by atoms with Crippen molar-refractivity contribution in [3.63, 3.8) is 0 Å². The molecule has 1 aliphatic rings. The first-order valence-corrected chi connectivity index (χ1v) is 8.17. The average molecular weight is 332 g/mol. The van der Waals surface area contributed by atoms with Gasteiger partial charge in [0.15, 0.2) is 6.04 Å². The topological polar surface area (TPSA) is 88.5 Å². The average Bonchev–Trinajstić information content (AvgIpc) is 3.20. The van der Waals surface area contributed by atoms with Gasteiger partial charge in [-0.15, -0.1) is 11.3 Å². The number of aryl methyl sites for hydroxylation is 1. The number of carboxylic acids is 1. The van der Waals surface area contributed by atoms with Crippen molar-refractivity contribution in [3.05, 3.63) is 45.9 Å². The highest BCUT2D eigenvalue weighted by Crippen LogP contribution is 2.28. The standard InChI is InChI=1S/C16H16N2O4S/c19-13(3-4-14-17-6-8-23-14)18-15(16(20)21)11-1-2-12-10(9-11)5-7-22-12/h1-2,6,8-9,15H,3-5,7H2,(H,18,19)(H,20,21). The number of hydrogen-bond acceptors (Lipinski definition) is 5. The quantitative estimate of drug-likeness (QED) is 0.844. The Morgan fingerprint density at radius 3 is 3.04 bits per heavy atom. The second-order valence-corrected chi connectivity index (χ2v) is 6.21. The lowest BCUT2D eigenvalue weighted by atomic mass is 10.0. The van der Waals surface area contributed by atoms with Gasteiger partial charge in [-0.1, -0.05) is 6.07 Å². The molecule has 0 bridgehead atoms. The number of nitrogens with one attached hydrogen (secondary N) is 1. The second kappa shape index (κ2) is 6.78. The number of aromatic nitrogens is 1. The van der Waals surface area contributed by atoms with Crippen LogP contribution in [0.3, 0.4) is 0 Å². The van der Waals surface area contributed by atoms with Gasteiger partial charge >= 0.3 is 5.97 Å². The van der Waals surface area contributed by atoms with Gasteiger partial charge in [0.1, 0.15) is 5.75 Å². The van der Waals surface area contributed by atoms with Crippen LogP contribution in [0.2, 0.25) is 0 Å². The summed E-state index contributed by atoms with van der Waals surface area (Å²) in [5.74, 6) is -0.594. The molecule has 2 heterocycles. The van der Waals surface area contributed by atoms with Gasteiger partial charge in [0.2, 0.25) is 5.91 Å². The fourth-order valence-electron chi connectivity index (χ4n) is 2.50. The summed E-state index contributed by atoms with van der Waals surface area (Å²) in [5, 5.41) is 14.7. The Kier molecular flexibility index (Phi) is 4.57. The predicted octanol–water partition coefficient (Wildman–Crippen LogP) is 1.95. The number of amides is 1. The first kappa shape index (κ1) is 15.5. The lowest BCUT2D eigenvalue weighted by Crippen LogP contribution is -2.33. The number of carboxylic acid groups (broad SMARTS) is 1. The maximum atomic E-state index is 12.0. The van der Waals surface area contributed by atoms with Crippen molar-refractivity contribution >= 4 is 23.2 Å². The van der Waals surface area contributed by atoms with Gasteiger partial charge < -0.3 is 15.2 Å². The zero-order chi connectivity index (χ0) is 16.2. The van der Waals surface area contributed by atoms with E-state index in [-0.39, 0.29) is 12.3 Å². The minimum atomic E-state index is -1.08. The Bertz CT molecular complexity index is 715. The molecule has 1 aromatic carbocycles. The monoisotopic (exact) mass is 332 g/mol. The van der Waals surface area contributed by atoms with Crippen molar-refractivity contribution < 1.29 is 19.4 Å². The van der Waals surface area contributed by atoms with Gasteiger partial charge in [-0.25, -0.2) is 9.78 Å². The SMILES string of the molecule is O=C(CCc1nccs1)NC(C(=O)O)c1ccc2c(c1)CCO2. The Labute approximate surface area is 137 Å². The third kappa shape index (κ3) is 3.68. The van der Waals surface area contributed by atoms with Crippen molar-refractivity contribution in [3.8, 4) is 5.75 Å². The van der Waals surface area contributed by atoms with E-state index in [1.165, 1.54) is 11.3 Å². The van der Waals surface area contributed by atoms with Crippen LogP contribution in [0.1, 0.15) is 28.6 Å². The van der Waals surface area contributed by atoms with E-state index in [9.17, 15) is 14.7 Å². The van der Waals surface area contributed by atoms with Crippen LogP contribution in [0.4, 0.5) is 0 Å². The number of carbonyl (C=O) groups excluding carboxylic acids is 1. The molecule has 1 unspecified atom stereocenters. The fourth-order valence-corrected chi connectivity index (χ4v) is 3.12. The summed E-state index contributed by atoms with van der Waals surface area (Å²) < 4.78 is 5.41. The van der Waals surface area contributed by atoms with Crippen LogP contribution in [-0.2, 0) is 22.4 Å². The third-order valence-corrected chi connectivity index (χ3v) is 4.49. The van der Waals surface area contributed by atoms with Crippen LogP contribution in [0.25, 0.3) is 0 Å². The molecule has 0 saturated heterocycles. The summed E-state index contributed by atoms with van der Waals surface area (Å²) in [7, 11) is 0. The Morgan fingerprint density at radius 2 is 2.30 bits per heavy atom. The van der Waals surface area contributed by atoms with Crippen LogP contribution < -0.4 is 10.1 Å². The molecule has 7 heteroatoms. The zero-order valence-corrected chi connectivity index (χ0v) is 13.1. The highest BCUT2D eigenvalue weighted by molar-refractivity contribution is 7.09. The summed E-state index contributed by atoms with van der Waals surface area (Å²) >= 11 is 1.48. The van der Waals surface area contributed by atoms with E-state index >= 15 is 0 Å². The summed E-state index contributed by atoms with van der Waals surface area (Å²) in [4.78, 5) is 27.7. The minimum absolute atomic E-state index is 0.214. The van der Waals surface area contributed by atoms with E-state index in [0.717, 1.165) is 22.7 Å². The van der Waals surface area contributed by atoms with Crippen LogP contribution in [-0.4, -0.2) is 28.6 Å². The smallest absolute Gasteiger partial charge is 0.330 e. The predicted molar refractivity (Wildman–Crippen MR) is 84.6 cm³/mol. The van der Waals surface area contributed by atoms with E-state index in [0.29, 0.717) is 18.6 Å². The minimum Gasteiger partial charge on any atom is -0.493 e. The van der Waals surface area contributed by atoms with Crippen LogP contribution in [0.15, 0.2) is 29.8 Å². The molecule has 2 aromatic rings. The van der Waals surface area contributed by atoms with Crippen molar-refractivity contribution in [1.29, 1.82) is 0 Å². The van der Waals surface area contributed by atoms with E-state index in [1.54, 1.807) is 24.4 Å². The molecule has 0 fully saturated rings. The van der Waals surface area contributed by atoms with E-state index in [2.05, 4.69) is 10.3 Å². The summed E-state index contributed by atoms with van der Waals surface area (Å²) in [6.07, 6.45) is 3.16. The lowest BCUT2D eigenvalue weighted by molar-refractivity contribution is -0.142. The number of rotatable bonds is 6. The number of fused-ring (bicyclic) bond motifs is 1.